The van der Waals surface area contributed by atoms with E-state index in [1.807, 2.05) is 30.7 Å². The number of rotatable bonds is 33. The summed E-state index contributed by atoms with van der Waals surface area (Å²) in [6.07, 6.45) is -0.717. The Morgan fingerprint density at radius 2 is 0.901 bits per heavy atom. The maximum atomic E-state index is 14.7. The van der Waals surface area contributed by atoms with Crippen LogP contribution in [0.2, 0.25) is 10.0 Å². The zero-order valence-corrected chi connectivity index (χ0v) is 86.5. The van der Waals surface area contributed by atoms with Crippen molar-refractivity contribution in [2.75, 3.05) is 55.7 Å². The molecule has 780 valence electrons. The lowest BCUT2D eigenvalue weighted by molar-refractivity contribution is -0.143. The van der Waals surface area contributed by atoms with E-state index in [2.05, 4.69) is 63.2 Å². The normalized spacial score (nSPS) is 23.3. The summed E-state index contributed by atoms with van der Waals surface area (Å²) in [5.41, 5.74) is 34.6. The number of halogens is 2. The van der Waals surface area contributed by atoms with Gasteiger partial charge in [0.05, 0.1) is 42.9 Å². The molecule has 39 nitrogen and oxygen atoms in total. The number of guanidine groups is 2. The highest BCUT2D eigenvalue weighted by Crippen LogP contribution is 2.31. The first-order chi connectivity index (χ1) is 67.3. The molecule has 0 bridgehead atoms. The topological polar surface area (TPSA) is 635 Å². The number of aliphatic hydroxyl groups excluding tert-OH is 1. The second-order valence-corrected chi connectivity index (χ2v) is 42.9. The zero-order valence-electron chi connectivity index (χ0n) is 81.7. The van der Waals surface area contributed by atoms with Gasteiger partial charge in [0.2, 0.25) is 82.7 Å². The average Bonchev–Trinajstić information content (AvgIpc) is 1.66. The Kier molecular flexibility index (Phi) is 49.7. The molecule has 8 rings (SSSR count). The molecule has 142 heavy (non-hydrogen) atoms. The number of likely N-dealkylation sites (tertiary alicyclic amines) is 2. The number of nitrogens with one attached hydrogen (secondary N) is 10. The third kappa shape index (κ3) is 40.6. The molecule has 45 heteroatoms. The molecule has 0 aliphatic carbocycles. The number of aliphatic hydroxyl groups is 1. The van der Waals surface area contributed by atoms with E-state index < -0.39 is 222 Å². The minimum Gasteiger partial charge on any atom is -0.391 e. The minimum atomic E-state index is -1.54. The summed E-state index contributed by atoms with van der Waals surface area (Å²) in [7, 11) is 0. The summed E-state index contributed by atoms with van der Waals surface area (Å²) in [6.45, 7) is 14.7. The summed E-state index contributed by atoms with van der Waals surface area (Å²) < 4.78 is 0. The summed E-state index contributed by atoms with van der Waals surface area (Å²) in [5.74, 6) is -15.6. The van der Waals surface area contributed by atoms with E-state index in [4.69, 9.17) is 57.6 Å². The van der Waals surface area contributed by atoms with Crippen LogP contribution in [0, 0.1) is 41.4 Å². The van der Waals surface area contributed by atoms with Gasteiger partial charge < -0.3 is 102 Å². The van der Waals surface area contributed by atoms with Gasteiger partial charge in [0.25, 0.3) is 0 Å². The van der Waals surface area contributed by atoms with Crippen LogP contribution in [0.1, 0.15) is 185 Å². The van der Waals surface area contributed by atoms with Gasteiger partial charge in [-0.25, -0.2) is 0 Å². The molecule has 2 aromatic carbocycles. The molecule has 14 amide bonds. The number of carbonyl (C=O) groups is 18. The van der Waals surface area contributed by atoms with E-state index in [9.17, 15) is 91.4 Å². The predicted octanol–water partition coefficient (Wildman–Crippen LogP) is 3.03. The zero-order chi connectivity index (χ0) is 105. The number of Topliss-reactive ketones (excluding diaryl/α,β-unsaturated/α-hetero) is 4. The van der Waals surface area contributed by atoms with Crippen LogP contribution in [0.4, 0.5) is 0 Å². The molecule has 6 heterocycles. The number of hydrogen-bond acceptors (Lipinski definition) is 25. The van der Waals surface area contributed by atoms with Gasteiger partial charge >= 0.3 is 0 Å². The molecule has 4 aliphatic heterocycles. The number of hydrogen-bond donors (Lipinski definition) is 17. The van der Waals surface area contributed by atoms with Crippen molar-refractivity contribution < 1.29 is 91.4 Å². The molecule has 23 N–H and O–H groups in total. The highest BCUT2D eigenvalue weighted by atomic mass is 35.5. The lowest BCUT2D eigenvalue weighted by atomic mass is 9.91. The van der Waals surface area contributed by atoms with E-state index in [1.165, 1.54) is 56.0 Å². The van der Waals surface area contributed by atoms with E-state index >= 15 is 0 Å². The second kappa shape index (κ2) is 59.8. The van der Waals surface area contributed by atoms with Crippen molar-refractivity contribution in [2.24, 2.45) is 85.8 Å². The molecule has 0 unspecified atom stereocenters. The standard InChI is InChI=1S/C49H71ClN10O10S2.C48H69ClN10O9S2/c1-27(2)24-55-44(66)36(10-5-15-54-49(52)53)56-46(68)39-21-34(62)25-60(39)48(70)31-20-40(63)37(23-41(51)64)57-47(69)42(28(3)4)59-45(67)38(22-35-9-7-17-72-35)58-43(65)30(18-29-11-13-32(50)14-12-29)19-33(61)8-6-16-71-26-31;1-27(2)41-46(67)56-36(25-40(50)62)39(61)23-31(47(68)59-18-6-12-38(59)45(66)55-35(43(64)54-28(3)4)11-5-17-53-48(51)52)26-69-19-7-9-33(60)22-30(21-29-13-15-32(49)16-14-29)42(63)57-37(44(65)58-41)24-34-10-8-20-70-34/h7,9,11-14,17,27-28,30-31,34,36-39,42,62H,5-6,8,10,15-16,18-26H2,1-4H3,(H2,51,64)(H,55,66)(H,56,68)(H,57,69)(H,58,65)(H,59,67)(H4,52,53,54);8,10,13-16,20,27-28,30-31,35-38,41H,5-7,9,11-12,17-19,21-26H2,1-4H3,(H2,50,62)(H,54,64)(H,55,66)(H,56,67)(H,57,63)(H,58,65)(H4,51,52,53)/t30-,31+,34-,36-,37+,38+,39+,42+;30-,31+,35-,36+,37+,38+,41+/m11/s1. The maximum absolute atomic E-state index is 14.7. The fourth-order valence-electron chi connectivity index (χ4n) is 16.7. The highest BCUT2D eigenvalue weighted by Gasteiger charge is 2.46. The van der Waals surface area contributed by atoms with Crippen LogP contribution >= 0.6 is 69.4 Å². The van der Waals surface area contributed by atoms with Gasteiger partial charge in [0.15, 0.2) is 23.5 Å². The maximum Gasteiger partial charge on any atom is 0.243 e. The molecule has 4 aliphatic rings. The van der Waals surface area contributed by atoms with Gasteiger partial charge in [-0.15, -0.1) is 22.7 Å². The predicted molar refractivity (Wildman–Crippen MR) is 546 cm³/mol. The average molecular weight is 2090 g/mol. The lowest BCUT2D eigenvalue weighted by Crippen LogP contribution is -2.58. The number of β-amino-alcohol motifs (C(OH)–C–C–N with tert-alkyl or cyclic N) is 1. The van der Waals surface area contributed by atoms with Crippen molar-refractivity contribution in [1.82, 2.24) is 63.0 Å². The van der Waals surface area contributed by atoms with Crippen LogP contribution in [0.25, 0.3) is 0 Å². The van der Waals surface area contributed by atoms with Crippen molar-refractivity contribution in [3.63, 3.8) is 0 Å². The van der Waals surface area contributed by atoms with Crippen LogP contribution in [0.3, 0.4) is 0 Å². The monoisotopic (exact) mass is 2090 g/mol. The van der Waals surface area contributed by atoms with Gasteiger partial charge in [-0.1, -0.05) is 101 Å². The van der Waals surface area contributed by atoms with Gasteiger partial charge in [-0.3, -0.25) is 96.3 Å². The lowest BCUT2D eigenvalue weighted by Gasteiger charge is -2.30. The molecule has 4 fully saturated rings. The first-order valence-corrected chi connectivity index (χ1v) is 52.9. The molecular formula is C97H140Cl2N20O19S4. The Morgan fingerprint density at radius 1 is 0.486 bits per heavy atom. The molecule has 0 saturated carbocycles. The van der Waals surface area contributed by atoms with E-state index in [0.717, 1.165) is 20.9 Å². The highest BCUT2D eigenvalue weighted by molar-refractivity contribution is 7.99. The Bertz CT molecular complexity index is 5010. The van der Waals surface area contributed by atoms with Crippen molar-refractivity contribution in [2.45, 2.75) is 263 Å². The van der Waals surface area contributed by atoms with Crippen LogP contribution in [0.15, 0.2) is 93.5 Å². The molecule has 15 atom stereocenters. The number of aliphatic imine (C=N–C) groups is 2. The number of thiophene rings is 2. The number of nitrogens with two attached hydrogens (primary N) is 6. The molecule has 0 radical (unpaired) electrons. The summed E-state index contributed by atoms with van der Waals surface area (Å²) in [5, 5.41) is 43.2. The van der Waals surface area contributed by atoms with E-state index in [0.29, 0.717) is 60.2 Å². The van der Waals surface area contributed by atoms with E-state index in [1.54, 1.807) is 108 Å². The SMILES string of the molecule is CC(C)CNC(=O)[C@@H](CCCN=C(N)N)NC(=O)[C@@H]1C[C@@H](O)CN1C(=O)[C@@H]1CSCCCC(=O)C[C@@H](Cc2ccc(Cl)cc2)C(=O)N[C@@H](Cc2cccs2)C(=O)N[C@@H](C(C)C)C(=O)N[C@@H](CC(N)=O)C(=O)C1.CC(C)NC(=O)[C@@H](CCCN=C(N)N)NC(=O)[C@@H]1CCCN1C(=O)[C@@H]1CSCCCC(=O)C[C@@H](Cc2ccc(Cl)cc2)C(=O)N[C@@H](Cc2cccs2)C(=O)N[C@@H](C(C)C)C(=O)N[C@@H](CC(N)=O)C(=O)C1. The fraction of sp³-hybridized carbons (Fsp3) is 0.588. The largest absolute Gasteiger partial charge is 0.391 e. The van der Waals surface area contributed by atoms with E-state index in [-0.39, 0.29) is 150 Å². The number of ketones is 4. The summed E-state index contributed by atoms with van der Waals surface area (Å²) in [4.78, 5) is 262. The Hall–Kier alpha value is -11.1. The number of amides is 14. The Balaban J connectivity index is 0.000000386. The van der Waals surface area contributed by atoms with Gasteiger partial charge in [0.1, 0.15) is 59.9 Å². The van der Waals surface area contributed by atoms with Crippen LogP contribution in [-0.2, 0) is 112 Å². The molecular weight excluding hydrogens is 1950 g/mol. The summed E-state index contributed by atoms with van der Waals surface area (Å²) in [6, 6.07) is 8.58. The third-order valence-electron chi connectivity index (χ3n) is 24.1. The van der Waals surface area contributed by atoms with Crippen molar-refractivity contribution in [1.29, 1.82) is 0 Å². The smallest absolute Gasteiger partial charge is 0.243 e. The van der Waals surface area contributed by atoms with Crippen LogP contribution < -0.4 is 87.6 Å². The second-order valence-electron chi connectivity index (χ2n) is 37.7. The quantitative estimate of drug-likeness (QED) is 0.0185. The number of carbonyl (C=O) groups excluding carboxylic acids is 18. The van der Waals surface area contributed by atoms with Crippen LogP contribution in [-0.4, -0.2) is 261 Å². The van der Waals surface area contributed by atoms with Gasteiger partial charge in [-0.2, -0.15) is 23.5 Å². The fourth-order valence-corrected chi connectivity index (χ4v) is 20.6. The van der Waals surface area contributed by atoms with Gasteiger partial charge in [-0.05, 0) is 166 Å². The minimum absolute atomic E-state index is 0.0140. The number of benzene rings is 2. The van der Waals surface area contributed by atoms with Crippen molar-refractivity contribution in [3.8, 4) is 0 Å². The first kappa shape index (κ1) is 118. The Morgan fingerprint density at radius 3 is 1.30 bits per heavy atom. The Labute approximate surface area is 854 Å². The summed E-state index contributed by atoms with van der Waals surface area (Å²) >= 11 is 17.6. The number of primary amides is 2. The van der Waals surface area contributed by atoms with Crippen LogP contribution in [0.5, 0.6) is 0 Å². The molecule has 2 aromatic heterocycles. The third-order valence-corrected chi connectivity index (χ3v) is 28.9. The first-order valence-electron chi connectivity index (χ1n) is 48.1. The molecule has 4 saturated heterocycles. The van der Waals surface area contributed by atoms with Crippen molar-refractivity contribution >= 4 is 187 Å². The van der Waals surface area contributed by atoms with Gasteiger partial charge in [0, 0.05) is 140 Å². The number of thioether (sulfide) groups is 2. The number of nitrogens with zero attached hydrogens (tertiary/aromatic N) is 4. The molecule has 4 aromatic rings. The molecule has 0 spiro atoms. The van der Waals surface area contributed by atoms with Crippen molar-refractivity contribution in [3.05, 3.63) is 114 Å².